The van der Waals surface area contributed by atoms with E-state index >= 15 is 0 Å². The van der Waals surface area contributed by atoms with Crippen LogP contribution in [0.2, 0.25) is 0 Å². The van der Waals surface area contributed by atoms with Crippen molar-refractivity contribution in [3.63, 3.8) is 0 Å². The summed E-state index contributed by atoms with van der Waals surface area (Å²) in [4.78, 5) is 23.9. The van der Waals surface area contributed by atoms with Gasteiger partial charge in [-0.15, -0.1) is 0 Å². The van der Waals surface area contributed by atoms with Crippen LogP contribution in [0.3, 0.4) is 0 Å². The van der Waals surface area contributed by atoms with Crippen LogP contribution in [-0.4, -0.2) is 24.6 Å². The summed E-state index contributed by atoms with van der Waals surface area (Å²) in [5.41, 5.74) is 1.81. The van der Waals surface area contributed by atoms with E-state index in [9.17, 15) is 9.59 Å². The molecule has 1 unspecified atom stereocenters. The fourth-order valence-electron chi connectivity index (χ4n) is 1.81. The van der Waals surface area contributed by atoms with Crippen LogP contribution in [0.5, 0.6) is 0 Å². The van der Waals surface area contributed by atoms with Crippen LogP contribution in [0.15, 0.2) is 42.0 Å². The summed E-state index contributed by atoms with van der Waals surface area (Å²) in [6.45, 7) is 3.74. The van der Waals surface area contributed by atoms with E-state index in [0.29, 0.717) is 6.42 Å². The van der Waals surface area contributed by atoms with Crippen molar-refractivity contribution in [1.82, 2.24) is 10.6 Å². The Labute approximate surface area is 136 Å². The first kappa shape index (κ1) is 18.2. The van der Waals surface area contributed by atoms with Gasteiger partial charge in [-0.2, -0.15) is 5.26 Å². The number of hydrogen-bond donors (Lipinski definition) is 2. The highest BCUT2D eigenvalue weighted by molar-refractivity contribution is 5.86. The molecule has 1 aromatic carbocycles. The van der Waals surface area contributed by atoms with Crippen LogP contribution in [-0.2, 0) is 16.1 Å². The fourth-order valence-corrected chi connectivity index (χ4v) is 1.81. The number of ether oxygens (including phenoxy) is 1. The Hall–Kier alpha value is -2.81. The highest BCUT2D eigenvalue weighted by Crippen LogP contribution is 2.06. The maximum Gasteiger partial charge on any atom is 0.408 e. The number of benzene rings is 1. The topological polar surface area (TPSA) is 91.2 Å². The number of carbonyl (C=O) groups excluding carboxylic acids is 2. The lowest BCUT2D eigenvalue weighted by Crippen LogP contribution is -2.47. The van der Waals surface area contributed by atoms with Crippen LogP contribution in [0.1, 0.15) is 25.8 Å². The Morgan fingerprint density at radius 1 is 1.35 bits per heavy atom. The van der Waals surface area contributed by atoms with Crippen LogP contribution in [0.25, 0.3) is 0 Å². The summed E-state index contributed by atoms with van der Waals surface area (Å²) < 4.78 is 5.11. The summed E-state index contributed by atoms with van der Waals surface area (Å²) in [6, 6.07) is 10.3. The van der Waals surface area contributed by atoms with Crippen LogP contribution in [0, 0.1) is 11.3 Å². The number of hydrogen-bond acceptors (Lipinski definition) is 4. The maximum atomic E-state index is 12.0. The molecule has 0 aromatic heterocycles. The van der Waals surface area contributed by atoms with Gasteiger partial charge in [-0.1, -0.05) is 42.0 Å². The fraction of sp³-hybridized carbons (Fsp3) is 0.353. The molecule has 6 heteroatoms. The molecule has 1 rings (SSSR count). The van der Waals surface area contributed by atoms with Gasteiger partial charge in [0.1, 0.15) is 19.2 Å². The van der Waals surface area contributed by atoms with E-state index in [1.807, 2.05) is 56.3 Å². The minimum Gasteiger partial charge on any atom is -0.445 e. The summed E-state index contributed by atoms with van der Waals surface area (Å²) in [5, 5.41) is 13.5. The Morgan fingerprint density at radius 3 is 2.65 bits per heavy atom. The van der Waals surface area contributed by atoms with Crippen molar-refractivity contribution in [2.75, 3.05) is 6.54 Å². The minimum absolute atomic E-state index is 0.106. The Bertz CT molecular complexity index is 591. The largest absolute Gasteiger partial charge is 0.445 e. The molecule has 0 radical (unpaired) electrons. The standard InChI is InChI=1S/C17H21N3O3/c1-3-13(2)11-15(16(21)19-10-9-18)20-17(22)23-12-14-7-5-4-6-8-14/h3-8,15H,10-12H2,1-2H3,(H,19,21)(H,20,22)/b13-3+. The molecule has 0 spiro atoms. The average molecular weight is 315 g/mol. The van der Waals surface area contributed by atoms with Crippen molar-refractivity contribution in [2.24, 2.45) is 0 Å². The summed E-state index contributed by atoms with van der Waals surface area (Å²) in [6.07, 6.45) is 1.55. The van der Waals surface area contributed by atoms with Gasteiger partial charge in [-0.3, -0.25) is 4.79 Å². The second-order valence-corrected chi connectivity index (χ2v) is 4.97. The van der Waals surface area contributed by atoms with Crippen molar-refractivity contribution >= 4 is 12.0 Å². The van der Waals surface area contributed by atoms with Crippen LogP contribution >= 0.6 is 0 Å². The van der Waals surface area contributed by atoms with Gasteiger partial charge in [0, 0.05) is 0 Å². The van der Waals surface area contributed by atoms with E-state index < -0.39 is 18.0 Å². The molecule has 122 valence electrons. The third-order valence-corrected chi connectivity index (χ3v) is 3.18. The molecule has 2 N–H and O–H groups in total. The van der Waals surface area contributed by atoms with E-state index in [0.717, 1.165) is 11.1 Å². The zero-order valence-electron chi connectivity index (χ0n) is 13.3. The molecule has 1 atom stereocenters. The van der Waals surface area contributed by atoms with Gasteiger partial charge >= 0.3 is 6.09 Å². The summed E-state index contributed by atoms with van der Waals surface area (Å²) in [7, 11) is 0. The minimum atomic E-state index is -0.775. The van der Waals surface area contributed by atoms with E-state index in [1.54, 1.807) is 0 Å². The van der Waals surface area contributed by atoms with Gasteiger partial charge in [-0.05, 0) is 25.8 Å². The molecular formula is C17H21N3O3. The van der Waals surface area contributed by atoms with E-state index in [4.69, 9.17) is 10.00 Å². The van der Waals surface area contributed by atoms with Crippen molar-refractivity contribution in [2.45, 2.75) is 32.9 Å². The molecular weight excluding hydrogens is 294 g/mol. The smallest absolute Gasteiger partial charge is 0.408 e. The number of amides is 2. The Morgan fingerprint density at radius 2 is 2.04 bits per heavy atom. The van der Waals surface area contributed by atoms with E-state index in [1.165, 1.54) is 0 Å². The predicted molar refractivity (Wildman–Crippen MR) is 86.2 cm³/mol. The molecule has 1 aromatic rings. The van der Waals surface area contributed by atoms with E-state index in [-0.39, 0.29) is 13.2 Å². The third-order valence-electron chi connectivity index (χ3n) is 3.18. The predicted octanol–water partition coefficient (Wildman–Crippen LogP) is 2.28. The van der Waals surface area contributed by atoms with E-state index in [2.05, 4.69) is 10.6 Å². The van der Waals surface area contributed by atoms with Crippen LogP contribution < -0.4 is 10.6 Å². The summed E-state index contributed by atoms with van der Waals surface area (Å²) in [5.74, 6) is -0.413. The van der Waals surface area contributed by atoms with Gasteiger partial charge in [0.05, 0.1) is 6.07 Å². The normalized spacial score (nSPS) is 12.0. The molecule has 2 amide bonds. The van der Waals surface area contributed by atoms with Crippen molar-refractivity contribution in [3.8, 4) is 6.07 Å². The van der Waals surface area contributed by atoms with Gasteiger partial charge in [0.25, 0.3) is 0 Å². The molecule has 0 heterocycles. The monoisotopic (exact) mass is 315 g/mol. The summed E-state index contributed by atoms with van der Waals surface area (Å²) >= 11 is 0. The molecule has 0 aliphatic rings. The lowest BCUT2D eigenvalue weighted by molar-refractivity contribution is -0.122. The third kappa shape index (κ3) is 7.14. The number of alkyl carbamates (subject to hydrolysis) is 1. The number of nitrogens with one attached hydrogen (secondary N) is 2. The quantitative estimate of drug-likeness (QED) is 0.596. The molecule has 0 saturated heterocycles. The molecule has 0 aliphatic heterocycles. The Balaban J connectivity index is 2.58. The number of allylic oxidation sites excluding steroid dienone is 1. The second kappa shape index (κ2) is 10.0. The molecule has 23 heavy (non-hydrogen) atoms. The SMILES string of the molecule is C/C=C(\C)CC(NC(=O)OCc1ccccc1)C(=O)NCC#N. The number of carbonyl (C=O) groups is 2. The molecule has 6 nitrogen and oxygen atoms in total. The van der Waals surface area contributed by atoms with Crippen LogP contribution in [0.4, 0.5) is 4.79 Å². The number of nitriles is 1. The molecule has 0 bridgehead atoms. The average Bonchev–Trinajstić information content (AvgIpc) is 2.58. The second-order valence-electron chi connectivity index (χ2n) is 4.97. The zero-order valence-corrected chi connectivity index (χ0v) is 13.3. The number of nitrogens with zero attached hydrogens (tertiary/aromatic N) is 1. The molecule has 0 saturated carbocycles. The van der Waals surface area contributed by atoms with Crippen molar-refractivity contribution in [1.29, 1.82) is 5.26 Å². The van der Waals surface area contributed by atoms with Crippen molar-refractivity contribution < 1.29 is 14.3 Å². The number of rotatable bonds is 7. The Kier molecular flexibility index (Phi) is 7.94. The lowest BCUT2D eigenvalue weighted by Gasteiger charge is -2.18. The highest BCUT2D eigenvalue weighted by atomic mass is 16.5. The maximum absolute atomic E-state index is 12.0. The first-order valence-corrected chi connectivity index (χ1v) is 7.30. The molecule has 0 aliphatic carbocycles. The lowest BCUT2D eigenvalue weighted by atomic mass is 10.1. The van der Waals surface area contributed by atoms with Gasteiger partial charge in [0.15, 0.2) is 0 Å². The van der Waals surface area contributed by atoms with Crippen molar-refractivity contribution in [3.05, 3.63) is 47.5 Å². The van der Waals surface area contributed by atoms with Gasteiger partial charge < -0.3 is 15.4 Å². The van der Waals surface area contributed by atoms with Gasteiger partial charge in [-0.25, -0.2) is 4.79 Å². The van der Waals surface area contributed by atoms with Gasteiger partial charge in [0.2, 0.25) is 5.91 Å². The first-order valence-electron chi connectivity index (χ1n) is 7.30. The molecule has 0 fully saturated rings. The first-order chi connectivity index (χ1) is 11.1. The zero-order chi connectivity index (χ0) is 17.1. The highest BCUT2D eigenvalue weighted by Gasteiger charge is 2.21.